The van der Waals surface area contributed by atoms with Crippen LogP contribution in [0.4, 0.5) is 0 Å². The van der Waals surface area contributed by atoms with Crippen molar-refractivity contribution < 1.29 is 13.8 Å². The second-order valence-electron chi connectivity index (χ2n) is 5.09. The fraction of sp³-hybridized carbons (Fsp3) is 0.267. The van der Waals surface area contributed by atoms with E-state index in [1.54, 1.807) is 14.0 Å². The van der Waals surface area contributed by atoms with Crippen LogP contribution in [0.15, 0.2) is 39.4 Å². The molecule has 23 heavy (non-hydrogen) atoms. The molecule has 0 fully saturated rings. The summed E-state index contributed by atoms with van der Waals surface area (Å²) in [6, 6.07) is 9.46. The van der Waals surface area contributed by atoms with Crippen LogP contribution in [0.25, 0.3) is 11.5 Å². The van der Waals surface area contributed by atoms with Crippen molar-refractivity contribution in [3.8, 4) is 11.5 Å². The number of carbonyl (C=O) groups is 1. The Balaban J connectivity index is 1.64. The standard InChI is InChI=1S/C15H15N5O3/c1-10-12(19-23-18-10)8-14(21)20(2)9-13-16-17-15(22-13)11-6-4-3-5-7-11/h3-7H,8-9H2,1-2H3. The number of amides is 1. The molecule has 0 saturated carbocycles. The predicted molar refractivity (Wildman–Crippen MR) is 78.9 cm³/mol. The van der Waals surface area contributed by atoms with E-state index in [9.17, 15) is 4.79 Å². The van der Waals surface area contributed by atoms with Crippen LogP contribution in [0.2, 0.25) is 0 Å². The fourth-order valence-corrected chi connectivity index (χ4v) is 1.99. The van der Waals surface area contributed by atoms with Crippen molar-refractivity contribution in [1.82, 2.24) is 25.4 Å². The van der Waals surface area contributed by atoms with Gasteiger partial charge in [0.1, 0.15) is 11.4 Å². The highest BCUT2D eigenvalue weighted by molar-refractivity contribution is 5.78. The van der Waals surface area contributed by atoms with Gasteiger partial charge in [0.25, 0.3) is 0 Å². The molecule has 0 bridgehead atoms. The van der Waals surface area contributed by atoms with Gasteiger partial charge in [-0.15, -0.1) is 10.2 Å². The van der Waals surface area contributed by atoms with Gasteiger partial charge >= 0.3 is 0 Å². The summed E-state index contributed by atoms with van der Waals surface area (Å²) < 4.78 is 10.2. The maximum atomic E-state index is 12.2. The van der Waals surface area contributed by atoms with E-state index in [-0.39, 0.29) is 18.9 Å². The minimum Gasteiger partial charge on any atom is -0.419 e. The summed E-state index contributed by atoms with van der Waals surface area (Å²) in [6.45, 7) is 1.96. The van der Waals surface area contributed by atoms with Crippen LogP contribution >= 0.6 is 0 Å². The average Bonchev–Trinajstić information content (AvgIpc) is 3.18. The molecule has 0 aliphatic carbocycles. The number of hydrogen-bond acceptors (Lipinski definition) is 7. The second kappa shape index (κ2) is 6.39. The molecule has 8 heteroatoms. The maximum absolute atomic E-state index is 12.2. The lowest BCUT2D eigenvalue weighted by atomic mass is 10.2. The lowest BCUT2D eigenvalue weighted by molar-refractivity contribution is -0.130. The first-order chi connectivity index (χ1) is 11.1. The Morgan fingerprint density at radius 2 is 1.96 bits per heavy atom. The summed E-state index contributed by atoms with van der Waals surface area (Å²) in [7, 11) is 1.66. The average molecular weight is 313 g/mol. The molecule has 0 unspecified atom stereocenters. The molecular weight excluding hydrogens is 298 g/mol. The molecule has 0 saturated heterocycles. The zero-order valence-electron chi connectivity index (χ0n) is 12.8. The van der Waals surface area contributed by atoms with Gasteiger partial charge in [-0.2, -0.15) is 0 Å². The molecule has 0 aliphatic heterocycles. The van der Waals surface area contributed by atoms with Gasteiger partial charge in [0.2, 0.25) is 17.7 Å². The van der Waals surface area contributed by atoms with E-state index in [0.717, 1.165) is 5.56 Å². The van der Waals surface area contributed by atoms with Gasteiger partial charge in [-0.05, 0) is 19.1 Å². The van der Waals surface area contributed by atoms with Gasteiger partial charge in [0.15, 0.2) is 0 Å². The van der Waals surface area contributed by atoms with E-state index >= 15 is 0 Å². The quantitative estimate of drug-likeness (QED) is 0.706. The molecule has 1 aromatic carbocycles. The van der Waals surface area contributed by atoms with E-state index < -0.39 is 0 Å². The molecule has 8 nitrogen and oxygen atoms in total. The smallest absolute Gasteiger partial charge is 0.247 e. The van der Waals surface area contributed by atoms with Crippen molar-refractivity contribution in [3.05, 3.63) is 47.6 Å². The maximum Gasteiger partial charge on any atom is 0.247 e. The third-order valence-corrected chi connectivity index (χ3v) is 3.35. The van der Waals surface area contributed by atoms with Crippen molar-refractivity contribution >= 4 is 5.91 Å². The Hall–Kier alpha value is -3.03. The Bertz CT molecular complexity index is 796. The fourth-order valence-electron chi connectivity index (χ4n) is 1.99. The summed E-state index contributed by atoms with van der Waals surface area (Å²) in [5.41, 5.74) is 1.97. The summed E-state index contributed by atoms with van der Waals surface area (Å²) in [4.78, 5) is 13.7. The number of rotatable bonds is 5. The molecule has 0 atom stereocenters. The van der Waals surface area contributed by atoms with E-state index in [2.05, 4.69) is 25.1 Å². The molecule has 1 amide bonds. The molecule has 2 aromatic heterocycles. The SMILES string of the molecule is Cc1nonc1CC(=O)N(C)Cc1nnc(-c2ccccc2)o1. The van der Waals surface area contributed by atoms with Gasteiger partial charge < -0.3 is 9.32 Å². The van der Waals surface area contributed by atoms with Crippen LogP contribution in [-0.2, 0) is 17.8 Å². The van der Waals surface area contributed by atoms with Gasteiger partial charge in [-0.3, -0.25) is 4.79 Å². The molecule has 0 aliphatic rings. The van der Waals surface area contributed by atoms with Gasteiger partial charge in [0.05, 0.1) is 13.0 Å². The Kier molecular flexibility index (Phi) is 4.13. The minimum atomic E-state index is -0.136. The Morgan fingerprint density at radius 1 is 1.17 bits per heavy atom. The lowest BCUT2D eigenvalue weighted by Gasteiger charge is -2.13. The molecular formula is C15H15N5O3. The number of benzene rings is 1. The van der Waals surface area contributed by atoms with Crippen molar-refractivity contribution in [2.75, 3.05) is 7.05 Å². The zero-order valence-corrected chi connectivity index (χ0v) is 12.8. The van der Waals surface area contributed by atoms with Crippen LogP contribution in [-0.4, -0.2) is 38.4 Å². The third kappa shape index (κ3) is 3.42. The van der Waals surface area contributed by atoms with E-state index in [4.69, 9.17) is 4.42 Å². The normalized spacial score (nSPS) is 10.7. The molecule has 3 rings (SSSR count). The van der Waals surface area contributed by atoms with Gasteiger partial charge in [-0.1, -0.05) is 28.5 Å². The number of carbonyl (C=O) groups excluding carboxylic acids is 1. The second-order valence-corrected chi connectivity index (χ2v) is 5.09. The van der Waals surface area contributed by atoms with Crippen LogP contribution in [0, 0.1) is 6.92 Å². The largest absolute Gasteiger partial charge is 0.419 e. The van der Waals surface area contributed by atoms with Crippen LogP contribution < -0.4 is 0 Å². The van der Waals surface area contributed by atoms with Crippen LogP contribution in [0.1, 0.15) is 17.3 Å². The molecule has 0 radical (unpaired) electrons. The third-order valence-electron chi connectivity index (χ3n) is 3.35. The molecule has 2 heterocycles. The van der Waals surface area contributed by atoms with E-state index in [0.29, 0.717) is 23.2 Å². The monoisotopic (exact) mass is 313 g/mol. The number of likely N-dealkylation sites (N-methyl/N-ethyl adjacent to an activating group) is 1. The summed E-state index contributed by atoms with van der Waals surface area (Å²) >= 11 is 0. The Morgan fingerprint density at radius 3 is 2.65 bits per heavy atom. The summed E-state index contributed by atoms with van der Waals surface area (Å²) in [6.07, 6.45) is 0.117. The highest BCUT2D eigenvalue weighted by atomic mass is 16.6. The van der Waals surface area contributed by atoms with Gasteiger partial charge in [0, 0.05) is 12.6 Å². The highest BCUT2D eigenvalue weighted by Gasteiger charge is 2.17. The molecule has 3 aromatic rings. The van der Waals surface area contributed by atoms with Gasteiger partial charge in [-0.25, -0.2) is 4.63 Å². The highest BCUT2D eigenvalue weighted by Crippen LogP contribution is 2.17. The van der Waals surface area contributed by atoms with Crippen molar-refractivity contribution in [3.63, 3.8) is 0 Å². The minimum absolute atomic E-state index is 0.117. The van der Waals surface area contributed by atoms with Crippen molar-refractivity contribution in [2.24, 2.45) is 0 Å². The van der Waals surface area contributed by atoms with Crippen LogP contribution in [0.5, 0.6) is 0 Å². The first-order valence-electron chi connectivity index (χ1n) is 7.03. The Labute approximate surface area is 132 Å². The summed E-state index contributed by atoms with van der Waals surface area (Å²) in [5.74, 6) is 0.663. The molecule has 118 valence electrons. The molecule has 0 N–H and O–H groups in total. The number of nitrogens with zero attached hydrogens (tertiary/aromatic N) is 5. The number of aryl methyl sites for hydroxylation is 1. The van der Waals surface area contributed by atoms with Crippen molar-refractivity contribution in [2.45, 2.75) is 19.9 Å². The van der Waals surface area contributed by atoms with Crippen molar-refractivity contribution in [1.29, 1.82) is 0 Å². The zero-order chi connectivity index (χ0) is 16.2. The predicted octanol–water partition coefficient (Wildman–Crippen LogP) is 1.63. The number of hydrogen-bond donors (Lipinski definition) is 0. The lowest BCUT2D eigenvalue weighted by Crippen LogP contribution is -2.28. The summed E-state index contributed by atoms with van der Waals surface area (Å²) in [5, 5.41) is 15.3. The first kappa shape index (κ1) is 14.9. The first-order valence-corrected chi connectivity index (χ1v) is 7.03. The van der Waals surface area contributed by atoms with E-state index in [1.807, 2.05) is 30.3 Å². The molecule has 0 spiro atoms. The number of aromatic nitrogens is 4. The topological polar surface area (TPSA) is 98.2 Å². The van der Waals surface area contributed by atoms with E-state index in [1.165, 1.54) is 4.90 Å². The van der Waals surface area contributed by atoms with Crippen LogP contribution in [0.3, 0.4) is 0 Å².